The van der Waals surface area contributed by atoms with Crippen molar-refractivity contribution in [3.63, 3.8) is 0 Å². The van der Waals surface area contributed by atoms with E-state index in [1.807, 2.05) is 4.90 Å². The number of aromatic nitrogens is 2. The second kappa shape index (κ2) is 8.82. The summed E-state index contributed by atoms with van der Waals surface area (Å²) in [6.45, 7) is 3.73. The summed E-state index contributed by atoms with van der Waals surface area (Å²) in [7, 11) is 0. The topological polar surface area (TPSA) is 62.5 Å². The van der Waals surface area contributed by atoms with Crippen molar-refractivity contribution in [2.24, 2.45) is 5.92 Å². The molecule has 1 aromatic heterocycles. The lowest BCUT2D eigenvalue weighted by Crippen LogP contribution is -2.48. The van der Waals surface area contributed by atoms with Crippen LogP contribution in [-0.4, -0.2) is 52.0 Å². The first-order valence-corrected chi connectivity index (χ1v) is 10.3. The lowest BCUT2D eigenvalue weighted by atomic mass is 10.0. The van der Waals surface area contributed by atoms with E-state index >= 15 is 0 Å². The summed E-state index contributed by atoms with van der Waals surface area (Å²) < 4.78 is 18.3. The van der Waals surface area contributed by atoms with E-state index in [1.54, 1.807) is 12.1 Å². The zero-order valence-electron chi connectivity index (χ0n) is 16.1. The molecule has 0 N–H and O–H groups in total. The molecular weight excluding hydrogens is 359 g/mol. The zero-order chi connectivity index (χ0) is 19.3. The smallest absolute Gasteiger partial charge is 0.257 e. The van der Waals surface area contributed by atoms with Crippen LogP contribution in [-0.2, 0) is 11.3 Å². The number of hydrogen-bond donors (Lipinski definition) is 0. The predicted octanol–water partition coefficient (Wildman–Crippen LogP) is 3.49. The second-order valence-corrected chi connectivity index (χ2v) is 7.87. The van der Waals surface area contributed by atoms with E-state index in [0.717, 1.165) is 38.5 Å². The minimum atomic E-state index is -0.292. The molecule has 0 atom stereocenters. The Morgan fingerprint density at radius 2 is 1.82 bits per heavy atom. The van der Waals surface area contributed by atoms with Crippen LogP contribution in [0.2, 0.25) is 0 Å². The number of rotatable bonds is 6. The minimum absolute atomic E-state index is 0.292. The van der Waals surface area contributed by atoms with Gasteiger partial charge in [-0.15, -0.1) is 0 Å². The van der Waals surface area contributed by atoms with Gasteiger partial charge in [-0.05, 0) is 36.6 Å². The third-order valence-corrected chi connectivity index (χ3v) is 5.89. The second-order valence-electron chi connectivity index (χ2n) is 7.87. The van der Waals surface area contributed by atoms with Crippen LogP contribution in [0.25, 0.3) is 11.5 Å². The van der Waals surface area contributed by atoms with Crippen LogP contribution in [0.4, 0.5) is 4.39 Å². The third-order valence-electron chi connectivity index (χ3n) is 5.89. The normalized spacial score (nSPS) is 18.7. The van der Waals surface area contributed by atoms with E-state index in [9.17, 15) is 9.18 Å². The molecule has 1 aromatic carbocycles. The highest BCUT2D eigenvalue weighted by Gasteiger charge is 2.24. The number of hydrogen-bond acceptors (Lipinski definition) is 5. The Labute approximate surface area is 164 Å². The molecule has 1 saturated heterocycles. The molecule has 150 valence electrons. The minimum Gasteiger partial charge on any atom is -0.340 e. The van der Waals surface area contributed by atoms with Crippen molar-refractivity contribution >= 4 is 5.91 Å². The van der Waals surface area contributed by atoms with Crippen LogP contribution < -0.4 is 0 Å². The first-order valence-electron chi connectivity index (χ1n) is 10.3. The summed E-state index contributed by atoms with van der Waals surface area (Å²) in [5, 5.41) is 4.03. The Hall–Kier alpha value is -2.28. The Kier molecular flexibility index (Phi) is 6.00. The van der Waals surface area contributed by atoms with Gasteiger partial charge >= 0.3 is 0 Å². The molecule has 28 heavy (non-hydrogen) atoms. The van der Waals surface area contributed by atoms with Gasteiger partial charge in [-0.25, -0.2) is 4.39 Å². The average Bonchev–Trinajstić information content (AvgIpc) is 3.39. The van der Waals surface area contributed by atoms with Crippen molar-refractivity contribution in [3.05, 3.63) is 35.9 Å². The van der Waals surface area contributed by atoms with Gasteiger partial charge in [0.15, 0.2) is 5.82 Å². The lowest BCUT2D eigenvalue weighted by Gasteiger charge is -2.34. The summed E-state index contributed by atoms with van der Waals surface area (Å²) in [5.74, 6) is 1.78. The van der Waals surface area contributed by atoms with Crippen molar-refractivity contribution in [2.75, 3.05) is 26.2 Å². The molecule has 1 amide bonds. The monoisotopic (exact) mass is 386 g/mol. The molecule has 2 fully saturated rings. The quantitative estimate of drug-likeness (QED) is 0.760. The average molecular weight is 386 g/mol. The van der Waals surface area contributed by atoms with Gasteiger partial charge in [0, 0.05) is 38.2 Å². The predicted molar refractivity (Wildman–Crippen MR) is 103 cm³/mol. The molecule has 1 aliphatic carbocycles. The summed E-state index contributed by atoms with van der Waals surface area (Å²) in [6, 6.07) is 6.01. The van der Waals surface area contributed by atoms with Gasteiger partial charge in [0.05, 0.1) is 6.54 Å². The standard InChI is InChI=1S/C21H27FN4O2/c22-18-8-6-17(7-9-18)21-23-19(24-28-21)15-25-11-13-26(14-12-25)20(27)10-5-16-3-1-2-4-16/h6-9,16H,1-5,10-15H2. The molecule has 1 aliphatic heterocycles. The third kappa shape index (κ3) is 4.76. The van der Waals surface area contributed by atoms with Crippen molar-refractivity contribution in [3.8, 4) is 11.5 Å². The van der Waals surface area contributed by atoms with E-state index in [-0.39, 0.29) is 5.82 Å². The highest BCUT2D eigenvalue weighted by molar-refractivity contribution is 5.76. The van der Waals surface area contributed by atoms with Crippen LogP contribution in [0.3, 0.4) is 0 Å². The molecular formula is C21H27FN4O2. The van der Waals surface area contributed by atoms with Crippen molar-refractivity contribution in [1.29, 1.82) is 0 Å². The van der Waals surface area contributed by atoms with Crippen molar-refractivity contribution < 1.29 is 13.7 Å². The van der Waals surface area contributed by atoms with Crippen LogP contribution in [0.1, 0.15) is 44.3 Å². The molecule has 2 heterocycles. The van der Waals surface area contributed by atoms with Crippen LogP contribution >= 0.6 is 0 Å². The van der Waals surface area contributed by atoms with E-state index < -0.39 is 0 Å². The number of carbonyl (C=O) groups excluding carboxylic acids is 1. The Morgan fingerprint density at radius 3 is 2.54 bits per heavy atom. The molecule has 4 rings (SSSR count). The summed E-state index contributed by atoms with van der Waals surface area (Å²) in [5.41, 5.74) is 0.706. The van der Waals surface area contributed by atoms with Crippen LogP contribution in [0.5, 0.6) is 0 Å². The number of benzene rings is 1. The zero-order valence-corrected chi connectivity index (χ0v) is 16.1. The molecule has 1 saturated carbocycles. The molecule has 0 bridgehead atoms. The Morgan fingerprint density at radius 1 is 1.11 bits per heavy atom. The molecule has 2 aliphatic rings. The Balaban J connectivity index is 1.23. The molecule has 2 aromatic rings. The van der Waals surface area contributed by atoms with E-state index in [1.165, 1.54) is 37.8 Å². The molecule has 0 spiro atoms. The van der Waals surface area contributed by atoms with Crippen LogP contribution in [0.15, 0.2) is 28.8 Å². The highest BCUT2D eigenvalue weighted by Crippen LogP contribution is 2.28. The van der Waals surface area contributed by atoms with Crippen molar-refractivity contribution in [1.82, 2.24) is 19.9 Å². The van der Waals surface area contributed by atoms with Crippen LogP contribution in [0, 0.1) is 11.7 Å². The van der Waals surface area contributed by atoms with Gasteiger partial charge in [0.25, 0.3) is 5.89 Å². The molecule has 6 nitrogen and oxygen atoms in total. The first kappa shape index (κ1) is 19.1. The fourth-order valence-electron chi connectivity index (χ4n) is 4.17. The van der Waals surface area contributed by atoms with Gasteiger partial charge in [0.2, 0.25) is 5.91 Å². The number of amides is 1. The molecule has 0 radical (unpaired) electrons. The molecule has 7 heteroatoms. The van der Waals surface area contributed by atoms with E-state index in [0.29, 0.717) is 36.2 Å². The SMILES string of the molecule is O=C(CCC1CCCC1)N1CCN(Cc2noc(-c3ccc(F)cc3)n2)CC1. The number of piperazine rings is 1. The van der Waals surface area contributed by atoms with Gasteiger partial charge < -0.3 is 9.42 Å². The maximum Gasteiger partial charge on any atom is 0.257 e. The first-order chi connectivity index (χ1) is 13.7. The maximum absolute atomic E-state index is 13.0. The molecule has 0 unspecified atom stereocenters. The fraction of sp³-hybridized carbons (Fsp3) is 0.571. The summed E-state index contributed by atoms with van der Waals surface area (Å²) in [6.07, 6.45) is 6.99. The Bertz CT molecular complexity index is 778. The number of nitrogens with zero attached hydrogens (tertiary/aromatic N) is 4. The van der Waals surface area contributed by atoms with Gasteiger partial charge in [0.1, 0.15) is 5.82 Å². The van der Waals surface area contributed by atoms with Gasteiger partial charge in [-0.1, -0.05) is 30.8 Å². The van der Waals surface area contributed by atoms with E-state index in [4.69, 9.17) is 4.52 Å². The van der Waals surface area contributed by atoms with Gasteiger partial charge in [-0.2, -0.15) is 4.98 Å². The number of carbonyl (C=O) groups is 1. The van der Waals surface area contributed by atoms with Gasteiger partial charge in [-0.3, -0.25) is 9.69 Å². The van der Waals surface area contributed by atoms with E-state index in [2.05, 4.69) is 15.0 Å². The summed E-state index contributed by atoms with van der Waals surface area (Å²) in [4.78, 5) is 21.1. The fourth-order valence-corrected chi connectivity index (χ4v) is 4.17. The maximum atomic E-state index is 13.0. The van der Waals surface area contributed by atoms with Crippen molar-refractivity contribution in [2.45, 2.75) is 45.1 Å². The lowest BCUT2D eigenvalue weighted by molar-refractivity contribution is -0.133. The highest BCUT2D eigenvalue weighted by atomic mass is 19.1. The largest absolute Gasteiger partial charge is 0.340 e. The number of halogens is 1. The summed E-state index contributed by atoms with van der Waals surface area (Å²) >= 11 is 0.